The Balaban J connectivity index is 2.68. The van der Waals surface area contributed by atoms with Crippen LogP contribution in [0.4, 0.5) is 5.69 Å². The number of thioether (sulfide) groups is 1. The number of nitrogens with one attached hydrogen (secondary N) is 1. The Kier molecular flexibility index (Phi) is 7.45. The van der Waals surface area contributed by atoms with Crippen LogP contribution in [0.1, 0.15) is 52.9 Å². The van der Waals surface area contributed by atoms with Gasteiger partial charge in [0.1, 0.15) is 4.75 Å². The number of carboxylic acids is 1. The summed E-state index contributed by atoms with van der Waals surface area (Å²) in [6, 6.07) is 7.33. The molecular weight excluding hydrogens is 298 g/mol. The van der Waals surface area contributed by atoms with Crippen LogP contribution in [0.15, 0.2) is 29.2 Å². The van der Waals surface area contributed by atoms with Crippen molar-refractivity contribution in [2.75, 3.05) is 5.32 Å². The lowest BCUT2D eigenvalue weighted by molar-refractivity contribution is -0.138. The summed E-state index contributed by atoms with van der Waals surface area (Å²) in [5, 5.41) is 12.1. The molecule has 0 unspecified atom stereocenters. The second-order valence-electron chi connectivity index (χ2n) is 5.77. The van der Waals surface area contributed by atoms with Crippen molar-refractivity contribution >= 4 is 29.3 Å². The van der Waals surface area contributed by atoms with E-state index in [9.17, 15) is 14.7 Å². The van der Waals surface area contributed by atoms with Crippen molar-refractivity contribution in [1.29, 1.82) is 0 Å². The lowest BCUT2D eigenvalue weighted by Gasteiger charge is -2.20. The average Bonchev–Trinajstić information content (AvgIpc) is 2.45. The van der Waals surface area contributed by atoms with Crippen LogP contribution in [0.25, 0.3) is 0 Å². The molecule has 0 atom stereocenters. The minimum absolute atomic E-state index is 0.0164. The molecule has 1 aromatic carbocycles. The first kappa shape index (κ1) is 18.6. The lowest BCUT2D eigenvalue weighted by atomic mass is 10.1. The van der Waals surface area contributed by atoms with Gasteiger partial charge in [-0.25, -0.2) is 0 Å². The highest BCUT2D eigenvalue weighted by atomic mass is 32.2. The summed E-state index contributed by atoms with van der Waals surface area (Å²) in [4.78, 5) is 24.0. The number of aliphatic carboxylic acids is 1. The number of anilines is 1. The van der Waals surface area contributed by atoms with Gasteiger partial charge in [-0.3, -0.25) is 9.59 Å². The Bertz CT molecular complexity index is 514. The van der Waals surface area contributed by atoms with Gasteiger partial charge in [-0.05, 0) is 32.4 Å². The molecule has 0 aromatic heterocycles. The van der Waals surface area contributed by atoms with E-state index in [0.717, 1.165) is 30.6 Å². The summed E-state index contributed by atoms with van der Waals surface area (Å²) in [6.07, 6.45) is 4.74. The van der Waals surface area contributed by atoms with E-state index in [4.69, 9.17) is 0 Å². The predicted molar refractivity (Wildman–Crippen MR) is 91.4 cm³/mol. The number of rotatable bonds is 9. The summed E-state index contributed by atoms with van der Waals surface area (Å²) >= 11 is 1.24. The van der Waals surface area contributed by atoms with E-state index in [1.807, 2.05) is 24.3 Å². The van der Waals surface area contributed by atoms with Gasteiger partial charge in [0, 0.05) is 11.3 Å². The Morgan fingerprint density at radius 3 is 2.50 bits per heavy atom. The van der Waals surface area contributed by atoms with Crippen LogP contribution in [0.2, 0.25) is 0 Å². The Morgan fingerprint density at radius 1 is 1.18 bits per heavy atom. The molecule has 0 saturated heterocycles. The smallest absolute Gasteiger partial charge is 0.319 e. The highest BCUT2D eigenvalue weighted by Crippen LogP contribution is 2.37. The van der Waals surface area contributed by atoms with Crippen LogP contribution >= 0.6 is 11.8 Å². The molecule has 0 aliphatic carbocycles. The molecule has 0 radical (unpaired) electrons. The second kappa shape index (κ2) is 8.83. The average molecular weight is 323 g/mol. The summed E-state index contributed by atoms with van der Waals surface area (Å²) in [5.41, 5.74) is 0.683. The number of benzene rings is 1. The van der Waals surface area contributed by atoms with Crippen molar-refractivity contribution in [3.05, 3.63) is 24.3 Å². The molecule has 122 valence electrons. The number of carbonyl (C=O) groups is 2. The molecule has 0 spiro atoms. The van der Waals surface area contributed by atoms with E-state index in [2.05, 4.69) is 12.2 Å². The summed E-state index contributed by atoms with van der Waals surface area (Å²) < 4.78 is -0.943. The highest BCUT2D eigenvalue weighted by Gasteiger charge is 2.29. The second-order valence-corrected chi connectivity index (χ2v) is 7.44. The quantitative estimate of drug-likeness (QED) is 0.517. The maximum Gasteiger partial charge on any atom is 0.319 e. The molecule has 0 bridgehead atoms. The molecule has 2 N–H and O–H groups in total. The Morgan fingerprint density at radius 2 is 1.86 bits per heavy atom. The van der Waals surface area contributed by atoms with Crippen LogP contribution in [-0.4, -0.2) is 21.7 Å². The first-order valence-electron chi connectivity index (χ1n) is 7.68. The van der Waals surface area contributed by atoms with Gasteiger partial charge >= 0.3 is 5.97 Å². The van der Waals surface area contributed by atoms with Crippen molar-refractivity contribution < 1.29 is 14.7 Å². The van der Waals surface area contributed by atoms with Crippen molar-refractivity contribution in [2.24, 2.45) is 0 Å². The Hall–Kier alpha value is -1.49. The van der Waals surface area contributed by atoms with E-state index >= 15 is 0 Å². The number of unbranched alkanes of at least 4 members (excludes halogenated alkanes) is 3. The minimum Gasteiger partial charge on any atom is -0.480 e. The van der Waals surface area contributed by atoms with Gasteiger partial charge in [0.25, 0.3) is 0 Å². The summed E-state index contributed by atoms with van der Waals surface area (Å²) in [7, 11) is 0. The van der Waals surface area contributed by atoms with Gasteiger partial charge in [-0.1, -0.05) is 38.3 Å². The number of hydrogen-bond acceptors (Lipinski definition) is 3. The molecule has 1 rings (SSSR count). The van der Waals surface area contributed by atoms with Crippen LogP contribution in [0, 0.1) is 0 Å². The van der Waals surface area contributed by atoms with Gasteiger partial charge in [-0.2, -0.15) is 0 Å². The van der Waals surface area contributed by atoms with Crippen molar-refractivity contribution in [3.8, 4) is 0 Å². The largest absolute Gasteiger partial charge is 0.480 e. The third kappa shape index (κ3) is 6.10. The molecule has 0 aliphatic rings. The maximum atomic E-state index is 12.0. The monoisotopic (exact) mass is 323 g/mol. The zero-order valence-corrected chi connectivity index (χ0v) is 14.3. The first-order valence-corrected chi connectivity index (χ1v) is 8.49. The molecule has 0 fully saturated rings. The van der Waals surface area contributed by atoms with Crippen molar-refractivity contribution in [3.63, 3.8) is 0 Å². The van der Waals surface area contributed by atoms with Crippen molar-refractivity contribution in [1.82, 2.24) is 0 Å². The zero-order chi connectivity index (χ0) is 16.6. The molecule has 5 heteroatoms. The van der Waals surface area contributed by atoms with Crippen LogP contribution in [0.3, 0.4) is 0 Å². The van der Waals surface area contributed by atoms with E-state index in [1.165, 1.54) is 11.8 Å². The normalized spacial score (nSPS) is 11.2. The minimum atomic E-state index is -0.943. The van der Waals surface area contributed by atoms with E-state index in [1.54, 1.807) is 13.8 Å². The number of para-hydroxylation sites is 1. The standard InChI is InChI=1S/C17H25NO3S/c1-4-5-6-7-12-15(19)18-13-10-8-9-11-14(13)22-17(2,3)16(20)21/h8-11H,4-7,12H2,1-3H3,(H,18,19)(H,20,21). The van der Waals surface area contributed by atoms with Gasteiger partial charge in [-0.15, -0.1) is 11.8 Å². The van der Waals surface area contributed by atoms with E-state index < -0.39 is 10.7 Å². The molecule has 0 aliphatic heterocycles. The van der Waals surface area contributed by atoms with Gasteiger partial charge in [0.2, 0.25) is 5.91 Å². The fourth-order valence-electron chi connectivity index (χ4n) is 1.90. The third-order valence-corrected chi connectivity index (χ3v) is 4.56. The van der Waals surface area contributed by atoms with Crippen LogP contribution in [0.5, 0.6) is 0 Å². The van der Waals surface area contributed by atoms with Gasteiger partial charge in [0.15, 0.2) is 0 Å². The molecule has 0 saturated carbocycles. The lowest BCUT2D eigenvalue weighted by Crippen LogP contribution is -2.27. The van der Waals surface area contributed by atoms with E-state index in [-0.39, 0.29) is 5.91 Å². The van der Waals surface area contributed by atoms with Crippen LogP contribution in [-0.2, 0) is 9.59 Å². The topological polar surface area (TPSA) is 66.4 Å². The molecule has 4 nitrogen and oxygen atoms in total. The molecule has 22 heavy (non-hydrogen) atoms. The van der Waals surface area contributed by atoms with Crippen molar-refractivity contribution in [2.45, 2.75) is 62.5 Å². The fraction of sp³-hybridized carbons (Fsp3) is 0.529. The molecule has 1 aromatic rings. The SMILES string of the molecule is CCCCCCC(=O)Nc1ccccc1SC(C)(C)C(=O)O. The number of amides is 1. The van der Waals surface area contributed by atoms with Gasteiger partial charge in [0.05, 0.1) is 5.69 Å². The maximum absolute atomic E-state index is 12.0. The molecular formula is C17H25NO3S. The predicted octanol–water partition coefficient (Wildman–Crippen LogP) is 4.55. The highest BCUT2D eigenvalue weighted by molar-refractivity contribution is 8.01. The third-order valence-electron chi connectivity index (χ3n) is 3.30. The fourth-order valence-corrected chi connectivity index (χ4v) is 2.92. The number of hydrogen-bond donors (Lipinski definition) is 2. The van der Waals surface area contributed by atoms with E-state index in [0.29, 0.717) is 12.1 Å². The number of carboxylic acid groups (broad SMARTS) is 1. The zero-order valence-electron chi connectivity index (χ0n) is 13.5. The summed E-state index contributed by atoms with van der Waals surface area (Å²) in [6.45, 7) is 5.45. The summed E-state index contributed by atoms with van der Waals surface area (Å²) in [5.74, 6) is -0.893. The number of carbonyl (C=O) groups excluding carboxylic acids is 1. The van der Waals surface area contributed by atoms with Crippen LogP contribution < -0.4 is 5.32 Å². The molecule has 0 heterocycles. The molecule has 1 amide bonds. The first-order chi connectivity index (χ1) is 10.4. The Labute approximate surface area is 136 Å². The van der Waals surface area contributed by atoms with Gasteiger partial charge < -0.3 is 10.4 Å².